The van der Waals surface area contributed by atoms with E-state index in [-0.39, 0.29) is 55.6 Å². The van der Waals surface area contributed by atoms with Gasteiger partial charge in [0.25, 0.3) is 0 Å². The Kier molecular flexibility index (Phi) is 9.51. The van der Waals surface area contributed by atoms with Gasteiger partial charge >= 0.3 is 0 Å². The summed E-state index contributed by atoms with van der Waals surface area (Å²) in [5.41, 5.74) is 5.41. The van der Waals surface area contributed by atoms with Crippen LogP contribution in [0.5, 0.6) is 5.75 Å². The van der Waals surface area contributed by atoms with E-state index < -0.39 is 0 Å². The lowest BCUT2D eigenvalue weighted by Gasteiger charge is -2.40. The molecule has 1 fully saturated rings. The fraction of sp³-hybridized carbons (Fsp3) is 0.414. The highest BCUT2D eigenvalue weighted by atomic mass is 127. The largest absolute Gasteiger partial charge is 0.471 e. The molecule has 1 atom stereocenters. The lowest BCUT2D eigenvalue weighted by molar-refractivity contribution is 0.0380. The smallest absolute Gasteiger partial charge is 0.188 e. The molecule has 5 nitrogen and oxygen atoms in total. The molecular formula is C29H37I2N3O2. The summed E-state index contributed by atoms with van der Waals surface area (Å²) in [5, 5.41) is 14.7. The van der Waals surface area contributed by atoms with Crippen LogP contribution in [0.2, 0.25) is 0 Å². The van der Waals surface area contributed by atoms with E-state index in [4.69, 9.17) is 9.84 Å². The number of rotatable bonds is 10. The Morgan fingerprint density at radius 1 is 1.11 bits per heavy atom. The first-order valence-corrected chi connectivity index (χ1v) is 17.9. The van der Waals surface area contributed by atoms with Gasteiger partial charge in [0.2, 0.25) is 0 Å². The maximum atomic E-state index is 9.90. The number of aryl methyl sites for hydroxylation is 1. The lowest BCUT2D eigenvalue weighted by Crippen LogP contribution is -2.42. The summed E-state index contributed by atoms with van der Waals surface area (Å²) in [7, 11) is 2.00. The van der Waals surface area contributed by atoms with E-state index in [0.717, 1.165) is 54.3 Å². The molecule has 1 saturated heterocycles. The van der Waals surface area contributed by atoms with Crippen LogP contribution in [0.15, 0.2) is 54.6 Å². The third-order valence-corrected chi connectivity index (χ3v) is 13.5. The van der Waals surface area contributed by atoms with Crippen molar-refractivity contribution >= 4 is 50.5 Å². The molecule has 194 valence electrons. The van der Waals surface area contributed by atoms with Gasteiger partial charge in [0.15, 0.2) is 2.12 Å². The van der Waals surface area contributed by atoms with Gasteiger partial charge in [0.1, 0.15) is 5.75 Å². The van der Waals surface area contributed by atoms with Gasteiger partial charge < -0.3 is 9.84 Å². The molecule has 36 heavy (non-hydrogen) atoms. The van der Waals surface area contributed by atoms with E-state index in [1.54, 1.807) is 0 Å². The molecule has 1 aromatic heterocycles. The van der Waals surface area contributed by atoms with Crippen molar-refractivity contribution in [1.82, 2.24) is 14.7 Å². The molecule has 1 aliphatic heterocycles. The fourth-order valence-corrected chi connectivity index (χ4v) is 7.57. The molecule has 0 saturated carbocycles. The van der Waals surface area contributed by atoms with E-state index in [2.05, 4.69) is 64.2 Å². The summed E-state index contributed by atoms with van der Waals surface area (Å²) in [6.07, 6.45) is 2.34. The minimum atomic E-state index is -0.286. The number of aliphatic hydroxyl groups is 1. The fourth-order valence-electron chi connectivity index (χ4n) is 4.85. The van der Waals surface area contributed by atoms with Crippen LogP contribution in [0.4, 0.5) is 0 Å². The number of aromatic nitrogens is 2. The Balaban J connectivity index is 1.63. The van der Waals surface area contributed by atoms with E-state index >= 15 is 0 Å². The summed E-state index contributed by atoms with van der Waals surface area (Å²) >= 11 is -0.573. The van der Waals surface area contributed by atoms with Crippen molar-refractivity contribution in [2.24, 2.45) is 18.4 Å². The second kappa shape index (κ2) is 12.4. The summed E-state index contributed by atoms with van der Waals surface area (Å²) in [4.78, 5) is 2.53. The zero-order valence-electron chi connectivity index (χ0n) is 21.5. The van der Waals surface area contributed by atoms with Crippen molar-refractivity contribution in [3.63, 3.8) is 0 Å². The minimum Gasteiger partial charge on any atom is -0.471 e. The van der Waals surface area contributed by atoms with Gasteiger partial charge in [0, 0.05) is 43.4 Å². The molecule has 0 aliphatic carbocycles. The average molecular weight is 713 g/mol. The van der Waals surface area contributed by atoms with Crippen LogP contribution in [0.3, 0.4) is 0 Å². The number of nitrogens with zero attached hydrogens (tertiary/aromatic N) is 3. The molecule has 0 bridgehead atoms. The van der Waals surface area contributed by atoms with Gasteiger partial charge in [-0.15, -0.1) is 0 Å². The lowest BCUT2D eigenvalue weighted by atomic mass is 9.75. The third kappa shape index (κ3) is 6.52. The number of piperidine rings is 1. The topological polar surface area (TPSA) is 50.5 Å². The molecule has 4 rings (SSSR count). The first-order valence-electron chi connectivity index (χ1n) is 12.3. The molecule has 0 unspecified atom stereocenters. The number of aliphatic hydroxyl groups excluding tert-OH is 1. The first kappa shape index (κ1) is 27.6. The number of alkyl halides is 2. The SMILES string of the molecule is C=IC(Oc1cc(-c2cc(-c3ccccc3)nn2C)ccc1CN1CCC[C@H](C(C)(C)CO)C1)I=C. The number of hydrogen-bond acceptors (Lipinski definition) is 4. The molecule has 7 heteroatoms. The standard InChI is InChI=1S/C29H37I2N3O2/c1-29(2,20-35)24-12-9-15-34(19-24)18-23-14-13-22(16-27(23)36-28(30-3)31-4)26-17-25(32-33(26)5)21-10-7-6-8-11-21/h6-8,10-11,13-14,16-17,24,28,35H,3-4,9,12,15,18-20H2,1-2,5H3/t24-/m0/s1. The van der Waals surface area contributed by atoms with Gasteiger partial charge in [0.05, 0.1) is 11.4 Å². The molecule has 3 aromatic rings. The Hall–Kier alpha value is -1.43. The number of halogens is 2. The number of hydrogen-bond donors (Lipinski definition) is 1. The Labute approximate surface area is 235 Å². The van der Waals surface area contributed by atoms with Gasteiger partial charge in [-0.05, 0) is 42.9 Å². The molecule has 0 amide bonds. The van der Waals surface area contributed by atoms with Gasteiger partial charge in [-0.25, -0.2) is 0 Å². The Bertz CT molecular complexity index is 1180. The predicted octanol–water partition coefficient (Wildman–Crippen LogP) is 6.45. The average Bonchev–Trinajstić information content (AvgIpc) is 3.30. The zero-order chi connectivity index (χ0) is 25.7. The second-order valence-electron chi connectivity index (χ2n) is 10.1. The summed E-state index contributed by atoms with van der Waals surface area (Å²) in [6, 6.07) is 19.1. The quantitative estimate of drug-likeness (QED) is 0.194. The van der Waals surface area contributed by atoms with Crippen LogP contribution in [0, 0.1) is 11.3 Å². The molecule has 1 aliphatic rings. The maximum absolute atomic E-state index is 9.90. The summed E-state index contributed by atoms with van der Waals surface area (Å²) < 4.78 is 17.1. The van der Waals surface area contributed by atoms with Gasteiger partial charge in [-0.3, -0.25) is 9.58 Å². The third-order valence-electron chi connectivity index (χ3n) is 7.18. The number of likely N-dealkylation sites (tertiary alicyclic amines) is 1. The second-order valence-corrected chi connectivity index (χ2v) is 16.5. The van der Waals surface area contributed by atoms with Crippen LogP contribution in [0.25, 0.3) is 22.5 Å². The molecule has 0 radical (unpaired) electrons. The molecule has 2 aromatic carbocycles. The van der Waals surface area contributed by atoms with Crippen molar-refractivity contribution in [3.05, 3.63) is 60.2 Å². The van der Waals surface area contributed by atoms with Crippen molar-refractivity contribution < 1.29 is 9.84 Å². The van der Waals surface area contributed by atoms with Crippen LogP contribution in [0.1, 0.15) is 32.3 Å². The van der Waals surface area contributed by atoms with E-state index in [1.165, 1.54) is 12.0 Å². The van der Waals surface area contributed by atoms with Crippen LogP contribution in [-0.4, -0.2) is 50.6 Å². The normalized spacial score (nSPS) is 17.0. The highest BCUT2D eigenvalue weighted by molar-refractivity contribution is 14.3. The molecule has 1 N–H and O–H groups in total. The minimum absolute atomic E-state index is 0.0560. The van der Waals surface area contributed by atoms with Gasteiger partial charge in [-0.2, -0.15) is 5.10 Å². The van der Waals surface area contributed by atoms with Gasteiger partial charge in [-0.1, -0.05) is 107 Å². The Morgan fingerprint density at radius 3 is 2.56 bits per heavy atom. The van der Waals surface area contributed by atoms with Crippen LogP contribution >= 0.6 is 41.5 Å². The number of benzene rings is 2. The highest BCUT2D eigenvalue weighted by Crippen LogP contribution is 2.37. The monoisotopic (exact) mass is 713 g/mol. The molecule has 0 spiro atoms. The molecule has 2 heterocycles. The van der Waals surface area contributed by atoms with Crippen molar-refractivity contribution in [2.45, 2.75) is 35.4 Å². The van der Waals surface area contributed by atoms with E-state index in [1.807, 2.05) is 29.9 Å². The van der Waals surface area contributed by atoms with E-state index in [0.29, 0.717) is 5.92 Å². The summed E-state index contributed by atoms with van der Waals surface area (Å²) in [6.45, 7) is 7.53. The zero-order valence-corrected chi connectivity index (χ0v) is 25.8. The van der Waals surface area contributed by atoms with E-state index in [9.17, 15) is 5.11 Å². The maximum Gasteiger partial charge on any atom is 0.188 e. The predicted molar refractivity (Wildman–Crippen MR) is 170 cm³/mol. The first-order chi connectivity index (χ1) is 17.3. The highest BCUT2D eigenvalue weighted by Gasteiger charge is 2.33. The van der Waals surface area contributed by atoms with Crippen molar-refractivity contribution in [1.29, 1.82) is 0 Å². The van der Waals surface area contributed by atoms with Crippen LogP contribution in [-0.2, 0) is 13.6 Å². The van der Waals surface area contributed by atoms with Crippen LogP contribution < -0.4 is 4.74 Å². The van der Waals surface area contributed by atoms with Crippen molar-refractivity contribution in [3.8, 4) is 28.3 Å². The summed E-state index contributed by atoms with van der Waals surface area (Å²) in [5.74, 6) is 1.45. The molecular weight excluding hydrogens is 676 g/mol. The number of ether oxygens (including phenoxy) is 1. The van der Waals surface area contributed by atoms with Crippen molar-refractivity contribution in [2.75, 3.05) is 19.7 Å². The Morgan fingerprint density at radius 2 is 1.86 bits per heavy atom.